The van der Waals surface area contributed by atoms with Crippen molar-refractivity contribution in [3.63, 3.8) is 0 Å². The van der Waals surface area contributed by atoms with Crippen LogP contribution in [0.15, 0.2) is 29.2 Å². The summed E-state index contributed by atoms with van der Waals surface area (Å²) >= 11 is 0. The molecule has 1 aromatic rings. The maximum Gasteiger partial charge on any atom is 0.261 e. The molecule has 0 radical (unpaired) electrons. The van der Waals surface area contributed by atoms with Gasteiger partial charge in [0.25, 0.3) is 9.05 Å². The molecule has 0 amide bonds. The first kappa shape index (κ1) is 18.4. The zero-order valence-corrected chi connectivity index (χ0v) is 14.4. The molecule has 0 heterocycles. The van der Waals surface area contributed by atoms with Gasteiger partial charge < -0.3 is 0 Å². The van der Waals surface area contributed by atoms with Crippen LogP contribution in [-0.2, 0) is 25.5 Å². The summed E-state index contributed by atoms with van der Waals surface area (Å²) in [6.45, 7) is 4.07. The van der Waals surface area contributed by atoms with E-state index in [4.69, 9.17) is 10.7 Å². The molecule has 1 aromatic carbocycles. The molecule has 0 saturated carbocycles. The van der Waals surface area contributed by atoms with Gasteiger partial charge in [0.1, 0.15) is 0 Å². The Balaban J connectivity index is 2.43. The fourth-order valence-corrected chi connectivity index (χ4v) is 4.06. The Morgan fingerprint density at radius 3 is 2.14 bits per heavy atom. The lowest BCUT2D eigenvalue weighted by atomic mass is 10.1. The van der Waals surface area contributed by atoms with Crippen LogP contribution in [0.3, 0.4) is 0 Å². The first-order valence-corrected chi connectivity index (χ1v) is 10.6. The van der Waals surface area contributed by atoms with Crippen LogP contribution in [-0.4, -0.2) is 29.1 Å². The summed E-state index contributed by atoms with van der Waals surface area (Å²) in [6, 6.07) is 6.25. The molecule has 5 nitrogen and oxygen atoms in total. The van der Waals surface area contributed by atoms with Crippen LogP contribution >= 0.6 is 10.7 Å². The van der Waals surface area contributed by atoms with Gasteiger partial charge in [0.2, 0.25) is 10.0 Å². The van der Waals surface area contributed by atoms with Gasteiger partial charge in [-0.05, 0) is 36.5 Å². The molecule has 0 fully saturated rings. The minimum Gasteiger partial charge on any atom is -0.215 e. The predicted molar refractivity (Wildman–Crippen MR) is 84.4 cm³/mol. The molecule has 0 aliphatic heterocycles. The number of benzene rings is 1. The van der Waals surface area contributed by atoms with Crippen molar-refractivity contribution >= 4 is 29.8 Å². The third kappa shape index (κ3) is 7.26. The Labute approximate surface area is 131 Å². The number of halogens is 1. The van der Waals surface area contributed by atoms with Crippen LogP contribution in [0.5, 0.6) is 0 Å². The van der Waals surface area contributed by atoms with Gasteiger partial charge >= 0.3 is 0 Å². The molecule has 120 valence electrons. The van der Waals surface area contributed by atoms with Crippen molar-refractivity contribution in [1.82, 2.24) is 4.72 Å². The largest absolute Gasteiger partial charge is 0.261 e. The number of aryl methyl sites for hydroxylation is 1. The third-order valence-electron chi connectivity index (χ3n) is 2.72. The Hall–Kier alpha value is -0.630. The van der Waals surface area contributed by atoms with Gasteiger partial charge in [-0.15, -0.1) is 0 Å². The Bertz CT molecular complexity index is 652. The van der Waals surface area contributed by atoms with Crippen LogP contribution in [0.1, 0.15) is 25.8 Å². The van der Waals surface area contributed by atoms with E-state index in [-0.39, 0.29) is 16.6 Å². The molecule has 0 spiro atoms. The minimum atomic E-state index is -3.70. The van der Waals surface area contributed by atoms with Crippen molar-refractivity contribution < 1.29 is 16.8 Å². The topological polar surface area (TPSA) is 80.3 Å². The molecule has 0 aromatic heterocycles. The van der Waals surface area contributed by atoms with Crippen molar-refractivity contribution in [2.75, 3.05) is 12.3 Å². The SMILES string of the molecule is CC(C)CS(=O)(=O)NCCCc1ccc(S(=O)(=O)Cl)cc1. The lowest BCUT2D eigenvalue weighted by Gasteiger charge is -2.08. The summed E-state index contributed by atoms with van der Waals surface area (Å²) in [6.07, 6.45) is 1.30. The Morgan fingerprint density at radius 2 is 1.67 bits per heavy atom. The molecule has 0 aliphatic carbocycles. The highest BCUT2D eigenvalue weighted by atomic mass is 35.7. The summed E-state index contributed by atoms with van der Waals surface area (Å²) in [5, 5.41) is 0. The average Bonchev–Trinajstić information content (AvgIpc) is 2.32. The fraction of sp³-hybridized carbons (Fsp3) is 0.538. The Morgan fingerprint density at radius 1 is 1.10 bits per heavy atom. The molecule has 0 saturated heterocycles. The second-order valence-corrected chi connectivity index (χ2v) is 9.67. The zero-order valence-electron chi connectivity index (χ0n) is 12.0. The van der Waals surface area contributed by atoms with E-state index in [1.165, 1.54) is 12.1 Å². The van der Waals surface area contributed by atoms with Gasteiger partial charge in [-0.25, -0.2) is 21.6 Å². The summed E-state index contributed by atoms with van der Waals surface area (Å²) in [5.74, 6) is 0.211. The molecule has 0 bridgehead atoms. The normalized spacial score (nSPS) is 12.8. The molecule has 0 aliphatic rings. The van der Waals surface area contributed by atoms with E-state index in [1.807, 2.05) is 13.8 Å². The lowest BCUT2D eigenvalue weighted by Crippen LogP contribution is -2.29. The van der Waals surface area contributed by atoms with Crippen LogP contribution in [0.2, 0.25) is 0 Å². The summed E-state index contributed by atoms with van der Waals surface area (Å²) in [4.78, 5) is 0.0607. The van der Waals surface area contributed by atoms with E-state index >= 15 is 0 Å². The van der Waals surface area contributed by atoms with Crippen molar-refractivity contribution in [2.45, 2.75) is 31.6 Å². The maximum absolute atomic E-state index is 11.6. The van der Waals surface area contributed by atoms with Crippen molar-refractivity contribution in [3.8, 4) is 0 Å². The molecular formula is C13H20ClNO4S2. The van der Waals surface area contributed by atoms with Crippen molar-refractivity contribution in [1.29, 1.82) is 0 Å². The summed E-state index contributed by atoms with van der Waals surface area (Å²) in [7, 11) is -1.68. The number of nitrogens with one attached hydrogen (secondary N) is 1. The van der Waals surface area contributed by atoms with Gasteiger partial charge in [0, 0.05) is 17.2 Å². The standard InChI is InChI=1S/C13H20ClNO4S2/c1-11(2)10-20(16,17)15-9-3-4-12-5-7-13(8-6-12)21(14,18)19/h5-8,11,15H,3-4,9-10H2,1-2H3. The molecule has 21 heavy (non-hydrogen) atoms. The molecule has 0 atom stereocenters. The van der Waals surface area contributed by atoms with E-state index < -0.39 is 19.1 Å². The molecule has 8 heteroatoms. The van der Waals surface area contributed by atoms with Crippen molar-refractivity contribution in [2.24, 2.45) is 5.92 Å². The quantitative estimate of drug-likeness (QED) is 0.573. The first-order valence-electron chi connectivity index (χ1n) is 6.61. The third-order valence-corrected chi connectivity index (χ3v) is 5.84. The highest BCUT2D eigenvalue weighted by molar-refractivity contribution is 8.13. The van der Waals surface area contributed by atoms with E-state index in [2.05, 4.69) is 4.72 Å². The van der Waals surface area contributed by atoms with E-state index in [1.54, 1.807) is 12.1 Å². The van der Waals surface area contributed by atoms with Crippen LogP contribution in [0.4, 0.5) is 0 Å². The van der Waals surface area contributed by atoms with E-state index in [0.717, 1.165) is 5.56 Å². The highest BCUT2D eigenvalue weighted by Crippen LogP contribution is 2.15. The number of hydrogen-bond donors (Lipinski definition) is 1. The number of rotatable bonds is 8. The molecule has 0 unspecified atom stereocenters. The molecular weight excluding hydrogens is 334 g/mol. The first-order chi connectivity index (χ1) is 9.60. The molecule has 1 rings (SSSR count). The van der Waals surface area contributed by atoms with E-state index in [0.29, 0.717) is 19.4 Å². The van der Waals surface area contributed by atoms with Crippen molar-refractivity contribution in [3.05, 3.63) is 29.8 Å². The molecule has 1 N–H and O–H groups in total. The van der Waals surface area contributed by atoms with Crippen LogP contribution < -0.4 is 4.72 Å². The van der Waals surface area contributed by atoms with Gasteiger partial charge in [-0.2, -0.15) is 0 Å². The van der Waals surface area contributed by atoms with Gasteiger partial charge in [-0.3, -0.25) is 0 Å². The fourth-order valence-electron chi connectivity index (χ4n) is 1.84. The van der Waals surface area contributed by atoms with Gasteiger partial charge in [-0.1, -0.05) is 26.0 Å². The predicted octanol–water partition coefficient (Wildman–Crippen LogP) is 2.12. The number of sulfonamides is 1. The van der Waals surface area contributed by atoms with Crippen LogP contribution in [0, 0.1) is 5.92 Å². The zero-order chi connectivity index (χ0) is 16.1. The smallest absolute Gasteiger partial charge is 0.215 e. The average molecular weight is 354 g/mol. The van der Waals surface area contributed by atoms with E-state index in [9.17, 15) is 16.8 Å². The second-order valence-electron chi connectivity index (χ2n) is 5.25. The Kier molecular flexibility index (Phi) is 6.65. The summed E-state index contributed by atoms with van der Waals surface area (Å²) < 4.78 is 48.0. The van der Waals surface area contributed by atoms with Crippen LogP contribution in [0.25, 0.3) is 0 Å². The highest BCUT2D eigenvalue weighted by Gasteiger charge is 2.12. The number of hydrogen-bond acceptors (Lipinski definition) is 4. The lowest BCUT2D eigenvalue weighted by molar-refractivity contribution is 0.565. The van der Waals surface area contributed by atoms with Gasteiger partial charge in [0.05, 0.1) is 10.6 Å². The minimum absolute atomic E-state index is 0.0607. The summed E-state index contributed by atoms with van der Waals surface area (Å²) in [5.41, 5.74) is 0.933. The van der Waals surface area contributed by atoms with Gasteiger partial charge in [0.15, 0.2) is 0 Å². The maximum atomic E-state index is 11.6. The monoisotopic (exact) mass is 353 g/mol. The second kappa shape index (κ2) is 7.58.